The molecule has 1 aromatic rings. The predicted molar refractivity (Wildman–Crippen MR) is 95.6 cm³/mol. The van der Waals surface area contributed by atoms with E-state index in [2.05, 4.69) is 0 Å². The van der Waals surface area contributed by atoms with Crippen molar-refractivity contribution in [3.05, 3.63) is 29.8 Å². The third-order valence-corrected chi connectivity index (χ3v) is 6.13. The number of amides is 2. The normalized spacial score (nSPS) is 23.8. The van der Waals surface area contributed by atoms with Gasteiger partial charge in [0.05, 0.1) is 13.7 Å². The third kappa shape index (κ3) is 4.57. The van der Waals surface area contributed by atoms with Crippen LogP contribution in [0.15, 0.2) is 24.3 Å². The summed E-state index contributed by atoms with van der Waals surface area (Å²) in [6.07, 6.45) is -5.45. The summed E-state index contributed by atoms with van der Waals surface area (Å²) < 4.78 is 44.6. The maximum atomic E-state index is 13.6. The number of thioether (sulfide) groups is 1. The van der Waals surface area contributed by atoms with Crippen LogP contribution in [-0.2, 0) is 10.5 Å². The Bertz CT molecular complexity index is 680. The first-order valence-corrected chi connectivity index (χ1v) is 9.71. The van der Waals surface area contributed by atoms with Crippen LogP contribution in [-0.4, -0.2) is 53.2 Å². The van der Waals surface area contributed by atoms with E-state index in [0.717, 1.165) is 17.3 Å². The first kappa shape index (κ1) is 21.6. The van der Waals surface area contributed by atoms with Crippen LogP contribution in [0.25, 0.3) is 0 Å². The molecule has 9 heteroatoms. The van der Waals surface area contributed by atoms with E-state index in [0.29, 0.717) is 18.6 Å². The largest absolute Gasteiger partial charge is 0.521 e. The molecule has 0 aromatic heterocycles. The standard InChI is InChI=1S/C18H22F3NO4S/c1-12-4-3-9-22(12,17(24)25)16(23)15(18(19,20)21)11-27-10-13-5-7-14(26-2)8-6-13/h5-8,12,15H,3-4,9-11H2,1-2H3/p+1/t12-,15?,22?/m1/s1. The fourth-order valence-corrected chi connectivity index (χ4v) is 4.50. The Morgan fingerprint density at radius 1 is 1.33 bits per heavy atom. The third-order valence-electron chi connectivity index (χ3n) is 5.03. The van der Waals surface area contributed by atoms with Gasteiger partial charge in [0, 0.05) is 24.3 Å². The maximum absolute atomic E-state index is 13.6. The molecule has 2 unspecified atom stereocenters. The Morgan fingerprint density at radius 3 is 2.41 bits per heavy atom. The fraction of sp³-hybridized carbons (Fsp3) is 0.556. The molecule has 27 heavy (non-hydrogen) atoms. The first-order valence-electron chi connectivity index (χ1n) is 8.56. The van der Waals surface area contributed by atoms with Crippen molar-refractivity contribution in [1.29, 1.82) is 0 Å². The molecule has 0 aliphatic carbocycles. The van der Waals surface area contributed by atoms with Crippen LogP contribution in [0.2, 0.25) is 0 Å². The van der Waals surface area contributed by atoms with Gasteiger partial charge in [-0.25, -0.2) is 4.79 Å². The van der Waals surface area contributed by atoms with Crippen molar-refractivity contribution in [1.82, 2.24) is 0 Å². The molecule has 1 aromatic carbocycles. The topological polar surface area (TPSA) is 63.6 Å². The average Bonchev–Trinajstić information content (AvgIpc) is 3.00. The number of carbonyl (C=O) groups excluding carboxylic acids is 1. The van der Waals surface area contributed by atoms with Crippen LogP contribution < -0.4 is 4.74 Å². The highest BCUT2D eigenvalue weighted by atomic mass is 32.2. The summed E-state index contributed by atoms with van der Waals surface area (Å²) in [7, 11) is 1.52. The lowest BCUT2D eigenvalue weighted by molar-refractivity contribution is -0.794. The second-order valence-electron chi connectivity index (χ2n) is 6.66. The van der Waals surface area contributed by atoms with Gasteiger partial charge in [-0.1, -0.05) is 12.1 Å². The summed E-state index contributed by atoms with van der Waals surface area (Å²) in [6, 6.07) is 6.23. The molecule has 0 radical (unpaired) electrons. The monoisotopic (exact) mass is 406 g/mol. The summed E-state index contributed by atoms with van der Waals surface area (Å²) in [5.74, 6) is -3.15. The minimum atomic E-state index is -4.78. The molecule has 1 aliphatic rings. The maximum Gasteiger partial charge on any atom is 0.521 e. The van der Waals surface area contributed by atoms with Crippen molar-refractivity contribution in [2.24, 2.45) is 5.92 Å². The molecule has 1 N–H and O–H groups in total. The van der Waals surface area contributed by atoms with Gasteiger partial charge in [0.25, 0.3) is 0 Å². The van der Waals surface area contributed by atoms with Gasteiger partial charge in [0.1, 0.15) is 11.8 Å². The molecule has 1 fully saturated rings. The van der Waals surface area contributed by atoms with Crippen molar-refractivity contribution in [3.63, 3.8) is 0 Å². The highest BCUT2D eigenvalue weighted by Gasteiger charge is 2.60. The number of likely N-dealkylation sites (tertiary alicyclic amines) is 1. The van der Waals surface area contributed by atoms with E-state index in [1.54, 1.807) is 24.3 Å². The Hall–Kier alpha value is -1.74. The molecule has 2 amide bonds. The number of alkyl halides is 3. The summed E-state index contributed by atoms with van der Waals surface area (Å²) in [4.78, 5) is 24.5. The van der Waals surface area contributed by atoms with E-state index < -0.39 is 40.4 Å². The molecule has 0 saturated carbocycles. The summed E-state index contributed by atoms with van der Waals surface area (Å²) in [6.45, 7) is 1.43. The molecule has 1 aliphatic heterocycles. The van der Waals surface area contributed by atoms with Crippen LogP contribution in [0.1, 0.15) is 25.3 Å². The van der Waals surface area contributed by atoms with Gasteiger partial charge < -0.3 is 9.84 Å². The van der Waals surface area contributed by atoms with Gasteiger partial charge in [0.2, 0.25) is 0 Å². The van der Waals surface area contributed by atoms with Crippen molar-refractivity contribution in [3.8, 4) is 5.75 Å². The summed E-state index contributed by atoms with van der Waals surface area (Å²) >= 11 is 0.969. The highest BCUT2D eigenvalue weighted by molar-refractivity contribution is 7.98. The summed E-state index contributed by atoms with van der Waals surface area (Å²) in [5, 5.41) is 9.54. The molecular formula is C18H23F3NO4S+. The lowest BCUT2D eigenvalue weighted by Gasteiger charge is -2.33. The number of hydrogen-bond donors (Lipinski definition) is 1. The molecule has 1 saturated heterocycles. The number of imide groups is 1. The van der Waals surface area contributed by atoms with Crippen molar-refractivity contribution >= 4 is 23.8 Å². The van der Waals surface area contributed by atoms with Gasteiger partial charge in [-0.15, -0.1) is 0 Å². The molecule has 3 atom stereocenters. The Labute approximate surface area is 160 Å². The van der Waals surface area contributed by atoms with E-state index in [4.69, 9.17) is 4.74 Å². The Balaban J connectivity index is 2.12. The number of benzene rings is 1. The van der Waals surface area contributed by atoms with Gasteiger partial charge in [-0.3, -0.25) is 0 Å². The van der Waals surface area contributed by atoms with Gasteiger partial charge >= 0.3 is 18.2 Å². The van der Waals surface area contributed by atoms with Crippen molar-refractivity contribution in [2.75, 3.05) is 19.4 Å². The quantitative estimate of drug-likeness (QED) is 0.714. The minimum absolute atomic E-state index is 0.0922. The smallest absolute Gasteiger partial charge is 0.497 e. The van der Waals surface area contributed by atoms with Gasteiger partial charge in [-0.2, -0.15) is 34.2 Å². The number of halogens is 3. The number of nitrogens with zero attached hydrogens (tertiary/aromatic N) is 1. The van der Waals surface area contributed by atoms with Crippen LogP contribution in [0.5, 0.6) is 5.75 Å². The molecule has 5 nitrogen and oxygen atoms in total. The Kier molecular flexibility index (Phi) is 6.80. The zero-order valence-corrected chi connectivity index (χ0v) is 16.0. The zero-order valence-electron chi connectivity index (χ0n) is 15.2. The number of quaternary nitrogens is 1. The number of methoxy groups -OCH3 is 1. The van der Waals surface area contributed by atoms with Gasteiger partial charge in [-0.05, 0) is 24.6 Å². The summed E-state index contributed by atoms with van der Waals surface area (Å²) in [5.41, 5.74) is 0.797. The van der Waals surface area contributed by atoms with Crippen molar-refractivity contribution < 1.29 is 37.1 Å². The molecule has 0 spiro atoms. The van der Waals surface area contributed by atoms with E-state index in [-0.39, 0.29) is 12.3 Å². The number of ether oxygens (including phenoxy) is 1. The Morgan fingerprint density at radius 2 is 1.96 bits per heavy atom. The van der Waals surface area contributed by atoms with E-state index in [1.165, 1.54) is 14.0 Å². The molecule has 2 rings (SSSR count). The van der Waals surface area contributed by atoms with Crippen LogP contribution in [0, 0.1) is 5.92 Å². The second-order valence-corrected chi connectivity index (χ2v) is 7.69. The van der Waals surface area contributed by atoms with E-state index in [1.807, 2.05) is 0 Å². The fourth-order valence-electron chi connectivity index (χ4n) is 3.38. The predicted octanol–water partition coefficient (Wildman–Crippen LogP) is 4.31. The molecule has 1 heterocycles. The lowest BCUT2D eigenvalue weighted by Crippen LogP contribution is -2.62. The average molecular weight is 406 g/mol. The van der Waals surface area contributed by atoms with E-state index in [9.17, 15) is 27.9 Å². The number of carbonyl (C=O) groups is 2. The first-order chi connectivity index (χ1) is 12.6. The number of rotatable bonds is 6. The SMILES string of the molecule is COc1ccc(CSCC(C(=O)[N+]2(C(=O)O)CCC[C@H]2C)C(F)(F)F)cc1. The van der Waals surface area contributed by atoms with E-state index >= 15 is 0 Å². The zero-order chi connectivity index (χ0) is 20.2. The number of carboxylic acid groups (broad SMARTS) is 1. The van der Waals surface area contributed by atoms with Crippen molar-refractivity contribution in [2.45, 2.75) is 37.7 Å². The minimum Gasteiger partial charge on any atom is -0.497 e. The van der Waals surface area contributed by atoms with Crippen LogP contribution in [0.3, 0.4) is 0 Å². The second kappa shape index (κ2) is 8.52. The number of hydrogen-bond acceptors (Lipinski definition) is 4. The highest BCUT2D eigenvalue weighted by Crippen LogP contribution is 2.38. The van der Waals surface area contributed by atoms with Crippen LogP contribution in [0.4, 0.5) is 18.0 Å². The van der Waals surface area contributed by atoms with Gasteiger partial charge in [0.15, 0.2) is 5.92 Å². The lowest BCUT2D eigenvalue weighted by atomic mass is 10.1. The van der Waals surface area contributed by atoms with Crippen LogP contribution >= 0.6 is 11.8 Å². The molecular weight excluding hydrogens is 383 g/mol. The molecule has 150 valence electrons. The molecule has 0 bridgehead atoms.